The Hall–Kier alpha value is -2.89. The zero-order valence-corrected chi connectivity index (χ0v) is 18.4. The SMILES string of the molecule is COc1ccc(CNC(=O)Nc2c(C(C)C)cccc2C(C)C)c(OC)c1OC. The quantitative estimate of drug-likeness (QED) is 0.632. The first-order valence-electron chi connectivity index (χ1n) is 9.79. The fourth-order valence-corrected chi connectivity index (χ4v) is 3.33. The topological polar surface area (TPSA) is 68.8 Å². The normalized spacial score (nSPS) is 10.8. The third kappa shape index (κ3) is 5.13. The Morgan fingerprint density at radius 3 is 1.93 bits per heavy atom. The van der Waals surface area contributed by atoms with Gasteiger partial charge in [0, 0.05) is 17.8 Å². The van der Waals surface area contributed by atoms with Gasteiger partial charge in [-0.2, -0.15) is 0 Å². The summed E-state index contributed by atoms with van der Waals surface area (Å²) in [6.45, 7) is 8.78. The van der Waals surface area contributed by atoms with E-state index < -0.39 is 0 Å². The minimum Gasteiger partial charge on any atom is -0.493 e. The van der Waals surface area contributed by atoms with Crippen LogP contribution in [0, 0.1) is 0 Å². The van der Waals surface area contributed by atoms with E-state index in [9.17, 15) is 4.79 Å². The number of ether oxygens (including phenoxy) is 3. The van der Waals surface area contributed by atoms with Crippen molar-refractivity contribution in [3.05, 3.63) is 47.0 Å². The summed E-state index contributed by atoms with van der Waals surface area (Å²) in [7, 11) is 4.69. The molecule has 2 N–H and O–H groups in total. The average Bonchev–Trinajstić information content (AvgIpc) is 2.70. The zero-order chi connectivity index (χ0) is 21.6. The van der Waals surface area contributed by atoms with Gasteiger partial charge in [0.1, 0.15) is 0 Å². The number of methoxy groups -OCH3 is 3. The highest BCUT2D eigenvalue weighted by molar-refractivity contribution is 5.91. The van der Waals surface area contributed by atoms with Crippen molar-refractivity contribution in [3.8, 4) is 17.2 Å². The number of nitrogens with one attached hydrogen (secondary N) is 2. The molecule has 0 aliphatic carbocycles. The molecular formula is C23H32N2O4. The summed E-state index contributed by atoms with van der Waals surface area (Å²) >= 11 is 0. The van der Waals surface area contributed by atoms with Crippen molar-refractivity contribution < 1.29 is 19.0 Å². The largest absolute Gasteiger partial charge is 0.493 e. The molecule has 2 amide bonds. The van der Waals surface area contributed by atoms with Gasteiger partial charge in [-0.15, -0.1) is 0 Å². The van der Waals surface area contributed by atoms with Crippen LogP contribution < -0.4 is 24.8 Å². The van der Waals surface area contributed by atoms with Crippen LogP contribution in [0.15, 0.2) is 30.3 Å². The highest BCUT2D eigenvalue weighted by atomic mass is 16.5. The van der Waals surface area contributed by atoms with Crippen LogP contribution in [0.5, 0.6) is 17.2 Å². The lowest BCUT2D eigenvalue weighted by Gasteiger charge is -2.21. The molecule has 0 spiro atoms. The van der Waals surface area contributed by atoms with Gasteiger partial charge in [-0.25, -0.2) is 4.79 Å². The van der Waals surface area contributed by atoms with E-state index in [0.29, 0.717) is 29.1 Å². The molecule has 0 aliphatic heterocycles. The van der Waals surface area contributed by atoms with Gasteiger partial charge in [-0.3, -0.25) is 0 Å². The number of carbonyl (C=O) groups excluding carboxylic acids is 1. The molecule has 0 unspecified atom stereocenters. The minimum atomic E-state index is -0.267. The average molecular weight is 401 g/mol. The van der Waals surface area contributed by atoms with Crippen LogP contribution in [0.25, 0.3) is 0 Å². The molecule has 0 saturated heterocycles. The summed E-state index contributed by atoms with van der Waals surface area (Å²) in [4.78, 5) is 12.7. The fraction of sp³-hybridized carbons (Fsp3) is 0.435. The standard InChI is InChI=1S/C23H32N2O4/c1-14(2)17-9-8-10-18(15(3)4)20(17)25-23(26)24-13-16-11-12-19(27-5)22(29-7)21(16)28-6/h8-12,14-15H,13H2,1-7H3,(H2,24,25,26). The van der Waals surface area contributed by atoms with E-state index in [1.165, 1.54) is 0 Å². The lowest BCUT2D eigenvalue weighted by Crippen LogP contribution is -2.29. The molecule has 0 heterocycles. The number of anilines is 1. The van der Waals surface area contributed by atoms with E-state index in [0.717, 1.165) is 22.4 Å². The van der Waals surface area contributed by atoms with Gasteiger partial charge in [0.25, 0.3) is 0 Å². The second-order valence-corrected chi connectivity index (χ2v) is 7.42. The molecule has 0 bridgehead atoms. The summed E-state index contributed by atoms with van der Waals surface area (Å²) in [5.74, 6) is 2.22. The van der Waals surface area contributed by atoms with Crippen LogP contribution >= 0.6 is 0 Å². The molecule has 0 aromatic heterocycles. The van der Waals surface area contributed by atoms with Crippen LogP contribution in [-0.2, 0) is 6.54 Å². The highest BCUT2D eigenvalue weighted by Gasteiger charge is 2.18. The fourth-order valence-electron chi connectivity index (χ4n) is 3.33. The Bertz CT molecular complexity index is 821. The maximum atomic E-state index is 12.7. The highest BCUT2D eigenvalue weighted by Crippen LogP contribution is 2.39. The lowest BCUT2D eigenvalue weighted by molar-refractivity contribution is 0.251. The van der Waals surface area contributed by atoms with Gasteiger partial charge in [0.2, 0.25) is 5.75 Å². The van der Waals surface area contributed by atoms with Crippen molar-refractivity contribution in [1.29, 1.82) is 0 Å². The molecular weight excluding hydrogens is 368 g/mol. The summed E-state index contributed by atoms with van der Waals surface area (Å²) in [6, 6.07) is 9.54. The number of urea groups is 1. The molecule has 29 heavy (non-hydrogen) atoms. The summed E-state index contributed by atoms with van der Waals surface area (Å²) in [5, 5.41) is 5.97. The number of hydrogen-bond acceptors (Lipinski definition) is 4. The Morgan fingerprint density at radius 2 is 1.45 bits per heavy atom. The van der Waals surface area contributed by atoms with Crippen LogP contribution in [0.4, 0.5) is 10.5 Å². The second kappa shape index (κ2) is 10.0. The second-order valence-electron chi connectivity index (χ2n) is 7.42. The smallest absolute Gasteiger partial charge is 0.319 e. The molecule has 2 aromatic carbocycles. The molecule has 0 atom stereocenters. The number of rotatable bonds is 8. The molecule has 6 heteroatoms. The van der Waals surface area contributed by atoms with Crippen molar-refractivity contribution >= 4 is 11.7 Å². The summed E-state index contributed by atoms with van der Waals surface area (Å²) in [6.07, 6.45) is 0. The number of para-hydroxylation sites is 1. The minimum absolute atomic E-state index is 0.267. The van der Waals surface area contributed by atoms with E-state index in [-0.39, 0.29) is 12.6 Å². The Balaban J connectivity index is 2.22. The maximum Gasteiger partial charge on any atom is 0.319 e. The molecule has 2 rings (SSSR count). The van der Waals surface area contributed by atoms with E-state index >= 15 is 0 Å². The number of hydrogen-bond donors (Lipinski definition) is 2. The Morgan fingerprint density at radius 1 is 0.862 bits per heavy atom. The molecule has 0 radical (unpaired) electrons. The van der Waals surface area contributed by atoms with E-state index in [4.69, 9.17) is 14.2 Å². The van der Waals surface area contributed by atoms with Crippen molar-refractivity contribution in [1.82, 2.24) is 5.32 Å². The van der Waals surface area contributed by atoms with Crippen LogP contribution in [-0.4, -0.2) is 27.4 Å². The molecule has 0 fully saturated rings. The monoisotopic (exact) mass is 400 g/mol. The molecule has 0 saturated carbocycles. The van der Waals surface area contributed by atoms with Crippen molar-refractivity contribution in [2.75, 3.05) is 26.6 Å². The molecule has 2 aromatic rings. The molecule has 158 valence electrons. The van der Waals surface area contributed by atoms with Crippen LogP contribution in [0.1, 0.15) is 56.2 Å². The van der Waals surface area contributed by atoms with Gasteiger partial charge >= 0.3 is 6.03 Å². The first-order chi connectivity index (χ1) is 13.8. The zero-order valence-electron chi connectivity index (χ0n) is 18.4. The van der Waals surface area contributed by atoms with E-state index in [1.54, 1.807) is 27.4 Å². The van der Waals surface area contributed by atoms with Crippen LogP contribution in [0.2, 0.25) is 0 Å². The van der Waals surface area contributed by atoms with Gasteiger partial charge in [-0.05, 0) is 35.1 Å². The predicted octanol–water partition coefficient (Wildman–Crippen LogP) is 5.28. The van der Waals surface area contributed by atoms with Gasteiger partial charge in [0.15, 0.2) is 11.5 Å². The van der Waals surface area contributed by atoms with Gasteiger partial charge < -0.3 is 24.8 Å². The summed E-state index contributed by atoms with van der Waals surface area (Å²) < 4.78 is 16.2. The van der Waals surface area contributed by atoms with Gasteiger partial charge in [-0.1, -0.05) is 45.9 Å². The maximum absolute atomic E-state index is 12.7. The van der Waals surface area contributed by atoms with E-state index in [1.807, 2.05) is 12.1 Å². The first-order valence-corrected chi connectivity index (χ1v) is 9.79. The third-order valence-corrected chi connectivity index (χ3v) is 4.84. The number of carbonyl (C=O) groups is 1. The first kappa shape index (κ1) is 22.4. The molecule has 0 aliphatic rings. The van der Waals surface area contributed by atoms with Crippen molar-refractivity contribution in [2.24, 2.45) is 0 Å². The van der Waals surface area contributed by atoms with Crippen molar-refractivity contribution in [3.63, 3.8) is 0 Å². The number of amides is 2. The van der Waals surface area contributed by atoms with E-state index in [2.05, 4.69) is 50.5 Å². The van der Waals surface area contributed by atoms with Gasteiger partial charge in [0.05, 0.1) is 21.3 Å². The Labute approximate surface area is 173 Å². The number of benzene rings is 2. The van der Waals surface area contributed by atoms with Crippen molar-refractivity contribution in [2.45, 2.75) is 46.1 Å². The predicted molar refractivity (Wildman–Crippen MR) is 117 cm³/mol. The lowest BCUT2D eigenvalue weighted by atomic mass is 9.93. The third-order valence-electron chi connectivity index (χ3n) is 4.84. The van der Waals surface area contributed by atoms with Crippen LogP contribution in [0.3, 0.4) is 0 Å². The Kier molecular flexibility index (Phi) is 7.76. The summed E-state index contributed by atoms with van der Waals surface area (Å²) in [5.41, 5.74) is 3.92. The molecule has 6 nitrogen and oxygen atoms in total.